The molecular formula is C13H18BCl2FO2. The Labute approximate surface area is 124 Å². The molecule has 0 saturated carbocycles. The summed E-state index contributed by atoms with van der Waals surface area (Å²) in [6.45, 7) is 7.62. The van der Waals surface area contributed by atoms with Crippen LogP contribution in [0.15, 0.2) is 12.1 Å². The molecule has 0 N–H and O–H groups in total. The van der Waals surface area contributed by atoms with Gasteiger partial charge in [-0.3, -0.25) is 0 Å². The largest absolute Gasteiger partial charge is 0.427 e. The van der Waals surface area contributed by atoms with E-state index in [2.05, 4.69) is 0 Å². The second kappa shape index (κ2) is 6.00. The standard InChI is InChI=1S/C13H18BCl2FO2/c1-12(2,18-5)13(3,4)19-14-8-6-9(15)10(16)7-11(8)17/h6-7,14H,1-5H3. The van der Waals surface area contributed by atoms with Crippen LogP contribution in [0.25, 0.3) is 0 Å². The molecule has 0 spiro atoms. The van der Waals surface area contributed by atoms with Crippen LogP contribution in [0.5, 0.6) is 0 Å². The Morgan fingerprint density at radius 1 is 1.05 bits per heavy atom. The molecule has 0 aliphatic carbocycles. The maximum absolute atomic E-state index is 13.7. The first-order valence-corrected chi connectivity index (χ1v) is 6.69. The van der Waals surface area contributed by atoms with Gasteiger partial charge in [-0.1, -0.05) is 23.2 Å². The number of hydrogen-bond donors (Lipinski definition) is 0. The second-order valence-electron chi connectivity index (χ2n) is 5.37. The Balaban J connectivity index is 2.85. The van der Waals surface area contributed by atoms with E-state index in [0.717, 1.165) is 0 Å². The van der Waals surface area contributed by atoms with Crippen molar-refractivity contribution in [2.75, 3.05) is 7.11 Å². The molecule has 1 rings (SSSR count). The molecule has 106 valence electrons. The number of benzene rings is 1. The molecule has 0 atom stereocenters. The van der Waals surface area contributed by atoms with Gasteiger partial charge in [-0.25, -0.2) is 4.39 Å². The summed E-state index contributed by atoms with van der Waals surface area (Å²) in [5.74, 6) is -0.430. The normalized spacial score (nSPS) is 12.6. The predicted octanol–water partition coefficient (Wildman–Crippen LogP) is 3.33. The van der Waals surface area contributed by atoms with Gasteiger partial charge in [-0.2, -0.15) is 0 Å². The average Bonchev–Trinajstić information content (AvgIpc) is 2.32. The van der Waals surface area contributed by atoms with E-state index in [9.17, 15) is 4.39 Å². The van der Waals surface area contributed by atoms with Crippen molar-refractivity contribution >= 4 is 36.1 Å². The van der Waals surface area contributed by atoms with Crippen LogP contribution in [0, 0.1) is 5.82 Å². The molecule has 0 radical (unpaired) electrons. The number of methoxy groups -OCH3 is 1. The SMILES string of the molecule is COC(C)(C)C(C)(C)OBc1cc(Cl)c(Cl)cc1F. The Hall–Kier alpha value is -0.285. The lowest BCUT2D eigenvalue weighted by Crippen LogP contribution is -2.50. The van der Waals surface area contributed by atoms with Crippen LogP contribution in [-0.4, -0.2) is 25.8 Å². The lowest BCUT2D eigenvalue weighted by molar-refractivity contribution is -0.114. The summed E-state index contributed by atoms with van der Waals surface area (Å²) < 4.78 is 24.9. The van der Waals surface area contributed by atoms with Gasteiger partial charge in [-0.15, -0.1) is 0 Å². The van der Waals surface area contributed by atoms with Gasteiger partial charge in [0.15, 0.2) is 0 Å². The van der Waals surface area contributed by atoms with Crippen LogP contribution >= 0.6 is 23.2 Å². The van der Waals surface area contributed by atoms with Crippen molar-refractivity contribution in [2.24, 2.45) is 0 Å². The minimum Gasteiger partial charge on any atom is -0.427 e. The summed E-state index contributed by atoms with van der Waals surface area (Å²) in [5, 5.41) is 0.505. The van der Waals surface area contributed by atoms with Crippen LogP contribution in [0.1, 0.15) is 27.7 Å². The fourth-order valence-corrected chi connectivity index (χ4v) is 1.69. The molecule has 0 heterocycles. The molecule has 1 aromatic carbocycles. The molecule has 0 aliphatic rings. The Kier molecular flexibility index (Phi) is 5.30. The van der Waals surface area contributed by atoms with E-state index >= 15 is 0 Å². The monoisotopic (exact) mass is 306 g/mol. The Bertz CT molecular complexity index is 464. The van der Waals surface area contributed by atoms with Crippen LogP contribution < -0.4 is 5.46 Å². The molecule has 19 heavy (non-hydrogen) atoms. The van der Waals surface area contributed by atoms with E-state index < -0.39 is 17.0 Å². The summed E-state index contributed by atoms with van der Waals surface area (Å²) in [5.41, 5.74) is -0.714. The predicted molar refractivity (Wildman–Crippen MR) is 79.5 cm³/mol. The third-order valence-electron chi connectivity index (χ3n) is 3.64. The van der Waals surface area contributed by atoms with Crippen molar-refractivity contribution in [1.29, 1.82) is 0 Å². The van der Waals surface area contributed by atoms with Gasteiger partial charge in [-0.05, 0) is 45.3 Å². The van der Waals surface area contributed by atoms with Gasteiger partial charge in [0, 0.05) is 7.11 Å². The summed E-state index contributed by atoms with van der Waals surface area (Å²) in [7, 11) is 1.72. The molecule has 0 fully saturated rings. The van der Waals surface area contributed by atoms with E-state index in [0.29, 0.717) is 10.5 Å². The fourth-order valence-electron chi connectivity index (χ4n) is 1.35. The highest BCUT2D eigenvalue weighted by Crippen LogP contribution is 2.28. The second-order valence-corrected chi connectivity index (χ2v) is 6.19. The zero-order chi connectivity index (χ0) is 14.8. The van der Waals surface area contributed by atoms with Crippen LogP contribution in [0.3, 0.4) is 0 Å². The summed E-state index contributed by atoms with van der Waals surface area (Å²) in [6, 6.07) is 2.67. The van der Waals surface area contributed by atoms with Gasteiger partial charge >= 0.3 is 7.48 Å². The summed E-state index contributed by atoms with van der Waals surface area (Å²) in [6.07, 6.45) is 0. The third kappa shape index (κ3) is 3.85. The molecule has 1 aromatic rings. The molecule has 0 aromatic heterocycles. The zero-order valence-electron chi connectivity index (χ0n) is 11.8. The lowest BCUT2D eigenvalue weighted by Gasteiger charge is -2.40. The molecule has 0 bridgehead atoms. The first kappa shape index (κ1) is 16.8. The van der Waals surface area contributed by atoms with Gasteiger partial charge in [0.05, 0.1) is 21.2 Å². The topological polar surface area (TPSA) is 18.5 Å². The molecule has 0 unspecified atom stereocenters. The smallest absolute Gasteiger partial charge is 0.312 e. The number of hydrogen-bond acceptors (Lipinski definition) is 2. The van der Waals surface area contributed by atoms with Crippen molar-refractivity contribution in [1.82, 2.24) is 0 Å². The average molecular weight is 307 g/mol. The van der Waals surface area contributed by atoms with Crippen LogP contribution in [0.2, 0.25) is 10.0 Å². The number of ether oxygens (including phenoxy) is 1. The fraction of sp³-hybridized carbons (Fsp3) is 0.538. The zero-order valence-corrected chi connectivity index (χ0v) is 13.3. The highest BCUT2D eigenvalue weighted by molar-refractivity contribution is 6.49. The lowest BCUT2D eigenvalue weighted by atomic mass is 9.82. The number of halogens is 3. The van der Waals surface area contributed by atoms with Gasteiger partial charge in [0.1, 0.15) is 5.82 Å². The first-order chi connectivity index (χ1) is 8.60. The summed E-state index contributed by atoms with van der Waals surface area (Å²) in [4.78, 5) is 0. The van der Waals surface area contributed by atoms with E-state index in [-0.39, 0.29) is 12.5 Å². The minimum atomic E-state index is -0.583. The third-order valence-corrected chi connectivity index (χ3v) is 4.36. The Morgan fingerprint density at radius 3 is 2.11 bits per heavy atom. The minimum absolute atomic E-state index is 0.0997. The Morgan fingerprint density at radius 2 is 1.58 bits per heavy atom. The molecule has 2 nitrogen and oxygen atoms in total. The van der Waals surface area contributed by atoms with E-state index in [1.54, 1.807) is 7.11 Å². The van der Waals surface area contributed by atoms with Crippen molar-refractivity contribution in [3.05, 3.63) is 28.0 Å². The molecule has 6 heteroatoms. The van der Waals surface area contributed by atoms with Crippen LogP contribution in [-0.2, 0) is 9.39 Å². The van der Waals surface area contributed by atoms with Crippen LogP contribution in [0.4, 0.5) is 4.39 Å². The summed E-state index contributed by atoms with van der Waals surface area (Å²) >= 11 is 11.6. The maximum atomic E-state index is 13.7. The highest BCUT2D eigenvalue weighted by atomic mass is 35.5. The van der Waals surface area contributed by atoms with E-state index in [1.165, 1.54) is 12.1 Å². The van der Waals surface area contributed by atoms with Gasteiger partial charge < -0.3 is 9.39 Å². The molecular weight excluding hydrogens is 289 g/mol. The molecule has 0 amide bonds. The molecule has 0 saturated heterocycles. The maximum Gasteiger partial charge on any atom is 0.312 e. The van der Waals surface area contributed by atoms with Crippen molar-refractivity contribution in [2.45, 2.75) is 38.9 Å². The molecule has 0 aliphatic heterocycles. The van der Waals surface area contributed by atoms with E-state index in [1.807, 2.05) is 27.7 Å². The van der Waals surface area contributed by atoms with Crippen molar-refractivity contribution in [3.8, 4) is 0 Å². The van der Waals surface area contributed by atoms with Gasteiger partial charge in [0.2, 0.25) is 0 Å². The van der Waals surface area contributed by atoms with E-state index in [4.69, 9.17) is 32.6 Å². The quantitative estimate of drug-likeness (QED) is 0.614. The van der Waals surface area contributed by atoms with Crippen molar-refractivity contribution < 1.29 is 13.8 Å². The highest BCUT2D eigenvalue weighted by Gasteiger charge is 2.38. The van der Waals surface area contributed by atoms with Gasteiger partial charge in [0.25, 0.3) is 0 Å². The van der Waals surface area contributed by atoms with Crippen molar-refractivity contribution in [3.63, 3.8) is 0 Å². The first-order valence-electron chi connectivity index (χ1n) is 5.93. The number of rotatable bonds is 5.